The fraction of sp³-hybridized carbons (Fsp3) is 0.276. The summed E-state index contributed by atoms with van der Waals surface area (Å²) < 4.78 is 16.0. The third-order valence-electron chi connectivity index (χ3n) is 6.75. The van der Waals surface area contributed by atoms with Crippen LogP contribution in [0.4, 0.5) is 4.39 Å². The summed E-state index contributed by atoms with van der Waals surface area (Å²) in [5, 5.41) is 1.15. The standard InChI is InChI=1S/C29H29FN2O/c30-24-15-13-23(14-16-24)26(19-29(33)31-17-7-2-8-18-31)27-21-32(20-22-9-3-1-4-10-22)28-12-6-5-11-25(27)28/h1,3-6,9-16,21,26H,2,7-8,17-20H2. The van der Waals surface area contributed by atoms with E-state index in [1.807, 2.05) is 29.2 Å². The molecule has 2 heterocycles. The van der Waals surface area contributed by atoms with Crippen LogP contribution in [0.15, 0.2) is 85.1 Å². The van der Waals surface area contributed by atoms with Crippen molar-refractivity contribution in [1.29, 1.82) is 0 Å². The molecule has 0 aliphatic carbocycles. The minimum absolute atomic E-state index is 0.123. The summed E-state index contributed by atoms with van der Waals surface area (Å²) in [5.41, 5.74) is 4.48. The van der Waals surface area contributed by atoms with Gasteiger partial charge in [-0.05, 0) is 54.2 Å². The molecule has 4 aromatic rings. The van der Waals surface area contributed by atoms with Gasteiger partial charge in [-0.1, -0.05) is 60.7 Å². The highest BCUT2D eigenvalue weighted by Gasteiger charge is 2.26. The third-order valence-corrected chi connectivity index (χ3v) is 6.75. The second-order valence-electron chi connectivity index (χ2n) is 8.96. The molecule has 1 aliphatic rings. The average Bonchev–Trinajstić information content (AvgIpc) is 3.22. The molecule has 5 rings (SSSR count). The van der Waals surface area contributed by atoms with Crippen LogP contribution in [0.2, 0.25) is 0 Å². The molecule has 0 saturated carbocycles. The summed E-state index contributed by atoms with van der Waals surface area (Å²) in [5.74, 6) is -0.197. The molecule has 1 aliphatic heterocycles. The normalized spacial score (nSPS) is 15.0. The minimum Gasteiger partial charge on any atom is -0.343 e. The van der Waals surface area contributed by atoms with Gasteiger partial charge in [0.2, 0.25) is 5.91 Å². The molecule has 33 heavy (non-hydrogen) atoms. The predicted molar refractivity (Wildman–Crippen MR) is 131 cm³/mol. The number of fused-ring (bicyclic) bond motifs is 1. The van der Waals surface area contributed by atoms with Gasteiger partial charge in [0, 0.05) is 49.1 Å². The fourth-order valence-corrected chi connectivity index (χ4v) is 5.01. The molecule has 1 saturated heterocycles. The SMILES string of the molecule is O=C(CC(c1ccc(F)cc1)c1cn(Cc2ccccc2)c2ccccc12)N1CCCCC1. The Bertz CT molecular complexity index is 1220. The number of piperidine rings is 1. The molecular formula is C29H29FN2O. The van der Waals surface area contributed by atoms with Gasteiger partial charge in [0.25, 0.3) is 0 Å². The molecule has 0 N–H and O–H groups in total. The Kier molecular flexibility index (Phi) is 6.25. The highest BCUT2D eigenvalue weighted by atomic mass is 19.1. The van der Waals surface area contributed by atoms with Crippen LogP contribution < -0.4 is 0 Å². The van der Waals surface area contributed by atoms with Gasteiger partial charge >= 0.3 is 0 Å². The van der Waals surface area contributed by atoms with Crippen LogP contribution in [-0.2, 0) is 11.3 Å². The van der Waals surface area contributed by atoms with Crippen molar-refractivity contribution in [3.63, 3.8) is 0 Å². The zero-order chi connectivity index (χ0) is 22.6. The number of carbonyl (C=O) groups excluding carboxylic acids is 1. The summed E-state index contributed by atoms with van der Waals surface area (Å²) in [4.78, 5) is 15.3. The number of rotatable bonds is 6. The Morgan fingerprint density at radius 2 is 1.55 bits per heavy atom. The van der Waals surface area contributed by atoms with Crippen molar-refractivity contribution >= 4 is 16.8 Å². The smallest absolute Gasteiger partial charge is 0.223 e. The van der Waals surface area contributed by atoms with Crippen molar-refractivity contribution in [2.45, 2.75) is 38.1 Å². The molecule has 0 radical (unpaired) electrons. The van der Waals surface area contributed by atoms with E-state index in [9.17, 15) is 9.18 Å². The van der Waals surface area contributed by atoms with Gasteiger partial charge in [-0.3, -0.25) is 4.79 Å². The van der Waals surface area contributed by atoms with Gasteiger partial charge in [-0.25, -0.2) is 4.39 Å². The molecule has 168 valence electrons. The maximum Gasteiger partial charge on any atom is 0.223 e. The van der Waals surface area contributed by atoms with E-state index in [-0.39, 0.29) is 17.6 Å². The van der Waals surface area contributed by atoms with E-state index in [0.717, 1.165) is 54.5 Å². The number of hydrogen-bond acceptors (Lipinski definition) is 1. The number of aromatic nitrogens is 1. The number of nitrogens with zero attached hydrogens (tertiary/aromatic N) is 2. The van der Waals surface area contributed by atoms with E-state index >= 15 is 0 Å². The average molecular weight is 441 g/mol. The highest BCUT2D eigenvalue weighted by molar-refractivity contribution is 5.87. The summed E-state index contributed by atoms with van der Waals surface area (Å²) in [6.45, 7) is 2.44. The molecule has 3 nitrogen and oxygen atoms in total. The second-order valence-corrected chi connectivity index (χ2v) is 8.96. The number of likely N-dealkylation sites (tertiary alicyclic amines) is 1. The zero-order valence-electron chi connectivity index (χ0n) is 18.8. The van der Waals surface area contributed by atoms with Gasteiger partial charge in [0.15, 0.2) is 0 Å². The number of benzene rings is 3. The minimum atomic E-state index is -0.258. The maximum atomic E-state index is 13.7. The first kappa shape index (κ1) is 21.4. The summed E-state index contributed by atoms with van der Waals surface area (Å²) in [7, 11) is 0. The number of amides is 1. The van der Waals surface area contributed by atoms with E-state index in [4.69, 9.17) is 0 Å². The molecule has 4 heteroatoms. The molecule has 1 aromatic heterocycles. The highest BCUT2D eigenvalue weighted by Crippen LogP contribution is 2.36. The molecule has 1 unspecified atom stereocenters. The summed E-state index contributed by atoms with van der Waals surface area (Å²) >= 11 is 0. The topological polar surface area (TPSA) is 25.2 Å². The Morgan fingerprint density at radius 3 is 2.30 bits per heavy atom. The lowest BCUT2D eigenvalue weighted by molar-refractivity contribution is -0.132. The fourth-order valence-electron chi connectivity index (χ4n) is 5.01. The Balaban J connectivity index is 1.56. The van der Waals surface area contributed by atoms with E-state index in [1.165, 1.54) is 24.1 Å². The number of carbonyl (C=O) groups is 1. The van der Waals surface area contributed by atoms with E-state index in [1.54, 1.807) is 0 Å². The van der Waals surface area contributed by atoms with Gasteiger partial charge in [-0.2, -0.15) is 0 Å². The van der Waals surface area contributed by atoms with Crippen LogP contribution in [0, 0.1) is 5.82 Å². The van der Waals surface area contributed by atoms with Crippen LogP contribution in [0.5, 0.6) is 0 Å². The Labute approximate surface area is 194 Å². The van der Waals surface area contributed by atoms with Gasteiger partial charge in [0.05, 0.1) is 0 Å². The van der Waals surface area contributed by atoms with E-state index in [0.29, 0.717) is 6.42 Å². The first-order valence-corrected chi connectivity index (χ1v) is 11.8. The maximum absolute atomic E-state index is 13.7. The Morgan fingerprint density at radius 1 is 0.848 bits per heavy atom. The lowest BCUT2D eigenvalue weighted by atomic mass is 9.87. The van der Waals surface area contributed by atoms with Crippen LogP contribution in [-0.4, -0.2) is 28.5 Å². The van der Waals surface area contributed by atoms with Gasteiger partial charge in [-0.15, -0.1) is 0 Å². The molecule has 3 aromatic carbocycles. The molecule has 0 bridgehead atoms. The number of para-hydroxylation sites is 1. The summed E-state index contributed by atoms with van der Waals surface area (Å²) in [6, 6.07) is 25.4. The first-order chi connectivity index (χ1) is 16.2. The van der Waals surface area contributed by atoms with E-state index < -0.39 is 0 Å². The van der Waals surface area contributed by atoms with Gasteiger partial charge < -0.3 is 9.47 Å². The second kappa shape index (κ2) is 9.62. The van der Waals surface area contributed by atoms with Crippen molar-refractivity contribution in [1.82, 2.24) is 9.47 Å². The largest absolute Gasteiger partial charge is 0.343 e. The van der Waals surface area contributed by atoms with Crippen LogP contribution in [0.25, 0.3) is 10.9 Å². The zero-order valence-corrected chi connectivity index (χ0v) is 18.8. The molecular weight excluding hydrogens is 411 g/mol. The monoisotopic (exact) mass is 440 g/mol. The molecule has 1 atom stereocenters. The Hall–Kier alpha value is -3.40. The van der Waals surface area contributed by atoms with Crippen molar-refractivity contribution in [3.8, 4) is 0 Å². The lowest BCUT2D eigenvalue weighted by Crippen LogP contribution is -2.36. The quantitative estimate of drug-likeness (QED) is 0.342. The van der Waals surface area contributed by atoms with Crippen LogP contribution in [0.1, 0.15) is 48.3 Å². The number of hydrogen-bond donors (Lipinski definition) is 0. The van der Waals surface area contributed by atoms with Crippen molar-refractivity contribution < 1.29 is 9.18 Å². The van der Waals surface area contributed by atoms with Crippen molar-refractivity contribution in [3.05, 3.63) is 108 Å². The van der Waals surface area contributed by atoms with Crippen molar-refractivity contribution in [2.24, 2.45) is 0 Å². The first-order valence-electron chi connectivity index (χ1n) is 11.8. The predicted octanol–water partition coefficient (Wildman–Crippen LogP) is 6.36. The lowest BCUT2D eigenvalue weighted by Gasteiger charge is -2.28. The van der Waals surface area contributed by atoms with E-state index in [2.05, 4.69) is 53.2 Å². The molecule has 0 spiro atoms. The molecule has 1 amide bonds. The van der Waals surface area contributed by atoms with Gasteiger partial charge in [0.1, 0.15) is 5.82 Å². The molecule has 1 fully saturated rings. The van der Waals surface area contributed by atoms with Crippen LogP contribution in [0.3, 0.4) is 0 Å². The third kappa shape index (κ3) is 4.70. The number of halogens is 1. The van der Waals surface area contributed by atoms with Crippen molar-refractivity contribution in [2.75, 3.05) is 13.1 Å². The summed E-state index contributed by atoms with van der Waals surface area (Å²) in [6.07, 6.45) is 5.92. The van der Waals surface area contributed by atoms with Crippen LogP contribution >= 0.6 is 0 Å².